The normalized spacial score (nSPS) is 23.9. The van der Waals surface area contributed by atoms with Crippen LogP contribution in [0.3, 0.4) is 0 Å². The number of benzene rings is 1. The van der Waals surface area contributed by atoms with Crippen molar-refractivity contribution in [2.75, 3.05) is 38.6 Å². The number of carbonyl (C=O) groups excluding carboxylic acids is 1. The number of anilines is 1. The van der Waals surface area contributed by atoms with Crippen LogP contribution >= 0.6 is 0 Å². The Labute approximate surface area is 174 Å². The van der Waals surface area contributed by atoms with Gasteiger partial charge in [-0.25, -0.2) is 8.42 Å². The highest BCUT2D eigenvalue weighted by molar-refractivity contribution is 7.89. The molecule has 0 saturated carbocycles. The van der Waals surface area contributed by atoms with Crippen LogP contribution < -0.4 is 15.0 Å². The molecular weight excluding hydrogens is 390 g/mol. The van der Waals surface area contributed by atoms with Gasteiger partial charge in [0.2, 0.25) is 10.0 Å². The number of ether oxygens (including phenoxy) is 1. The van der Waals surface area contributed by atoms with Gasteiger partial charge in [-0.2, -0.15) is 4.31 Å². The lowest BCUT2D eigenvalue weighted by Gasteiger charge is -2.29. The average Bonchev–Trinajstić information content (AvgIpc) is 3.00. The minimum absolute atomic E-state index is 0.114. The maximum absolute atomic E-state index is 13.1. The highest BCUT2D eigenvalue weighted by Gasteiger charge is 2.27. The van der Waals surface area contributed by atoms with Crippen molar-refractivity contribution in [1.82, 2.24) is 4.31 Å². The Kier molecular flexibility index (Phi) is 7.54. The first-order chi connectivity index (χ1) is 13.9. The lowest BCUT2D eigenvalue weighted by molar-refractivity contribution is -0.920. The van der Waals surface area contributed by atoms with Crippen LogP contribution in [0.5, 0.6) is 5.75 Å². The summed E-state index contributed by atoms with van der Waals surface area (Å²) in [4.78, 5) is 14.1. The van der Waals surface area contributed by atoms with E-state index in [9.17, 15) is 13.2 Å². The fraction of sp³-hybridized carbons (Fsp3) is 0.667. The van der Waals surface area contributed by atoms with Gasteiger partial charge in [0.05, 0.1) is 30.3 Å². The highest BCUT2D eigenvalue weighted by atomic mass is 32.2. The number of nitrogens with zero attached hydrogens (tertiary/aromatic N) is 1. The van der Waals surface area contributed by atoms with Crippen molar-refractivity contribution in [2.24, 2.45) is 0 Å². The van der Waals surface area contributed by atoms with Gasteiger partial charge in [0.25, 0.3) is 5.91 Å². The van der Waals surface area contributed by atoms with Crippen LogP contribution in [0.4, 0.5) is 5.69 Å². The van der Waals surface area contributed by atoms with Gasteiger partial charge in [-0.05, 0) is 57.2 Å². The lowest BCUT2D eigenvalue weighted by atomic mass is 10.0. The van der Waals surface area contributed by atoms with Crippen molar-refractivity contribution >= 4 is 21.6 Å². The zero-order chi connectivity index (χ0) is 20.9. The summed E-state index contributed by atoms with van der Waals surface area (Å²) in [7, 11) is -2.06. The molecular formula is C21H34N3O4S+. The van der Waals surface area contributed by atoms with Crippen molar-refractivity contribution in [2.45, 2.75) is 62.8 Å². The van der Waals surface area contributed by atoms with E-state index in [1.54, 1.807) is 16.4 Å². The number of quaternary nitrogens is 1. The van der Waals surface area contributed by atoms with Crippen molar-refractivity contribution < 1.29 is 22.8 Å². The topological polar surface area (TPSA) is 80.2 Å². The maximum atomic E-state index is 13.1. The van der Waals surface area contributed by atoms with Crippen LogP contribution in [-0.2, 0) is 14.8 Å². The van der Waals surface area contributed by atoms with Gasteiger partial charge in [0.15, 0.2) is 6.54 Å². The Hall–Kier alpha value is -1.64. The molecule has 2 aliphatic rings. The van der Waals surface area contributed by atoms with Gasteiger partial charge < -0.3 is 15.0 Å². The summed E-state index contributed by atoms with van der Waals surface area (Å²) >= 11 is 0. The molecule has 1 aromatic carbocycles. The monoisotopic (exact) mass is 424 g/mol. The summed E-state index contributed by atoms with van der Waals surface area (Å²) in [5.41, 5.74) is 0.414. The van der Waals surface area contributed by atoms with Gasteiger partial charge in [0, 0.05) is 13.1 Å². The number of likely N-dealkylation sites (tertiary alicyclic amines) is 1. The lowest BCUT2D eigenvalue weighted by Crippen LogP contribution is -3.17. The highest BCUT2D eigenvalue weighted by Crippen LogP contribution is 2.29. The van der Waals surface area contributed by atoms with Crippen molar-refractivity contribution in [3.8, 4) is 5.75 Å². The van der Waals surface area contributed by atoms with E-state index in [0.717, 1.165) is 45.1 Å². The number of methoxy groups -OCH3 is 1. The van der Waals surface area contributed by atoms with Crippen molar-refractivity contribution in [3.05, 3.63) is 18.2 Å². The molecule has 162 valence electrons. The zero-order valence-electron chi connectivity index (χ0n) is 17.6. The molecule has 2 heterocycles. The fourth-order valence-electron chi connectivity index (χ4n) is 4.29. The van der Waals surface area contributed by atoms with E-state index in [1.807, 2.05) is 0 Å². The molecule has 0 spiro atoms. The van der Waals surface area contributed by atoms with Crippen LogP contribution in [0, 0.1) is 0 Å². The third-order valence-corrected chi connectivity index (χ3v) is 8.01. The van der Waals surface area contributed by atoms with E-state index in [1.165, 1.54) is 24.5 Å². The Morgan fingerprint density at radius 3 is 2.55 bits per heavy atom. The molecule has 7 nitrogen and oxygen atoms in total. The number of carbonyl (C=O) groups is 1. The van der Waals surface area contributed by atoms with E-state index < -0.39 is 10.0 Å². The molecule has 2 atom stereocenters. The van der Waals surface area contributed by atoms with Crippen molar-refractivity contribution in [1.29, 1.82) is 0 Å². The standard InChI is InChI=1S/C21H33N3O4S/c1-17-9-5-8-12-23(17)16-21(25)22-19-15-18(10-11-20(19)28-2)29(26,27)24-13-6-3-4-7-14-24/h10-11,15,17H,3-9,12-14,16H2,1-2H3,(H,22,25)/p+1/t17-/m1/s1. The van der Waals surface area contributed by atoms with Crippen LogP contribution in [0.2, 0.25) is 0 Å². The molecule has 8 heteroatoms. The molecule has 3 rings (SSSR count). The molecule has 2 N–H and O–H groups in total. The molecule has 2 aliphatic heterocycles. The summed E-state index contributed by atoms with van der Waals surface area (Å²) in [5, 5.41) is 2.89. The summed E-state index contributed by atoms with van der Waals surface area (Å²) in [6.07, 6.45) is 7.39. The number of piperidine rings is 1. The fourth-order valence-corrected chi connectivity index (χ4v) is 5.84. The Morgan fingerprint density at radius 2 is 1.90 bits per heavy atom. The molecule has 1 aromatic rings. The van der Waals surface area contributed by atoms with E-state index in [0.29, 0.717) is 37.1 Å². The second kappa shape index (κ2) is 9.91. The molecule has 1 unspecified atom stereocenters. The summed E-state index contributed by atoms with van der Waals surface area (Å²) in [6, 6.07) is 5.18. The minimum Gasteiger partial charge on any atom is -0.495 e. The predicted octanol–water partition coefficient (Wildman–Crippen LogP) is 1.66. The number of hydrogen-bond acceptors (Lipinski definition) is 4. The largest absolute Gasteiger partial charge is 0.495 e. The van der Waals surface area contributed by atoms with E-state index >= 15 is 0 Å². The summed E-state index contributed by atoms with van der Waals surface area (Å²) < 4.78 is 33.1. The number of hydrogen-bond donors (Lipinski definition) is 2. The van der Waals surface area contributed by atoms with Crippen LogP contribution in [-0.4, -0.2) is 58.0 Å². The molecule has 2 saturated heterocycles. The predicted molar refractivity (Wildman–Crippen MR) is 113 cm³/mol. The average molecular weight is 425 g/mol. The molecule has 1 amide bonds. The molecule has 0 aromatic heterocycles. The minimum atomic E-state index is -3.58. The molecule has 0 radical (unpaired) electrons. The van der Waals surface area contributed by atoms with Gasteiger partial charge in [-0.3, -0.25) is 4.79 Å². The molecule has 0 bridgehead atoms. The third-order valence-electron chi connectivity index (χ3n) is 6.12. The first-order valence-electron chi connectivity index (χ1n) is 10.7. The van der Waals surface area contributed by atoms with Gasteiger partial charge in [-0.15, -0.1) is 0 Å². The second-order valence-corrected chi connectivity index (χ2v) is 10.1. The Morgan fingerprint density at radius 1 is 1.17 bits per heavy atom. The number of rotatable bonds is 6. The van der Waals surface area contributed by atoms with E-state index in [-0.39, 0.29) is 10.8 Å². The van der Waals surface area contributed by atoms with Gasteiger partial charge >= 0.3 is 0 Å². The van der Waals surface area contributed by atoms with Crippen LogP contribution in [0.15, 0.2) is 23.1 Å². The zero-order valence-corrected chi connectivity index (χ0v) is 18.4. The van der Waals surface area contributed by atoms with Gasteiger partial charge in [-0.1, -0.05) is 12.8 Å². The van der Waals surface area contributed by atoms with Crippen molar-refractivity contribution in [3.63, 3.8) is 0 Å². The summed E-state index contributed by atoms with van der Waals surface area (Å²) in [5.74, 6) is 0.353. The van der Waals surface area contributed by atoms with Crippen LogP contribution in [0.1, 0.15) is 51.9 Å². The Balaban J connectivity index is 1.76. The molecule has 0 aliphatic carbocycles. The first-order valence-corrected chi connectivity index (χ1v) is 12.2. The number of nitrogens with one attached hydrogen (secondary N) is 2. The maximum Gasteiger partial charge on any atom is 0.279 e. The first kappa shape index (κ1) is 22.1. The SMILES string of the molecule is COc1ccc(S(=O)(=O)N2CCCCCC2)cc1NC(=O)C[NH+]1CCCC[C@H]1C. The Bertz CT molecular complexity index is 804. The smallest absolute Gasteiger partial charge is 0.279 e. The quantitative estimate of drug-likeness (QED) is 0.728. The third kappa shape index (κ3) is 5.49. The number of sulfonamides is 1. The van der Waals surface area contributed by atoms with Crippen LogP contribution in [0.25, 0.3) is 0 Å². The summed E-state index contributed by atoms with van der Waals surface area (Å²) in [6.45, 7) is 4.65. The number of amides is 1. The van der Waals surface area contributed by atoms with E-state index in [4.69, 9.17) is 4.74 Å². The van der Waals surface area contributed by atoms with E-state index in [2.05, 4.69) is 12.2 Å². The van der Waals surface area contributed by atoms with Gasteiger partial charge in [0.1, 0.15) is 5.75 Å². The molecule has 2 fully saturated rings. The molecule has 29 heavy (non-hydrogen) atoms. The second-order valence-electron chi connectivity index (χ2n) is 8.21.